The van der Waals surface area contributed by atoms with Crippen molar-refractivity contribution < 1.29 is 33.4 Å². The number of hydrogen-bond donors (Lipinski definition) is 0. The van der Waals surface area contributed by atoms with Crippen molar-refractivity contribution in [3.8, 4) is 0 Å². The van der Waals surface area contributed by atoms with Crippen LogP contribution < -0.4 is 0 Å². The van der Waals surface area contributed by atoms with Gasteiger partial charge < -0.3 is 14.2 Å². The highest BCUT2D eigenvalue weighted by molar-refractivity contribution is 6.37. The largest absolute Gasteiger partial charge is 0.463 e. The van der Waals surface area contributed by atoms with Gasteiger partial charge in [-0.2, -0.15) is 0 Å². The van der Waals surface area contributed by atoms with Gasteiger partial charge in [0.1, 0.15) is 5.60 Å². The van der Waals surface area contributed by atoms with Crippen molar-refractivity contribution in [1.29, 1.82) is 0 Å². The lowest BCUT2D eigenvalue weighted by atomic mass is 9.71. The van der Waals surface area contributed by atoms with E-state index in [1.807, 2.05) is 0 Å². The van der Waals surface area contributed by atoms with E-state index in [2.05, 4.69) is 9.47 Å². The fraction of sp³-hybridized carbons (Fsp3) is 0.765. The molecule has 0 N–H and O–H groups in total. The van der Waals surface area contributed by atoms with E-state index >= 15 is 0 Å². The van der Waals surface area contributed by atoms with Gasteiger partial charge in [0.15, 0.2) is 0 Å². The van der Waals surface area contributed by atoms with Crippen molar-refractivity contribution >= 4 is 23.5 Å². The number of methoxy groups -OCH3 is 3. The number of carbonyl (C=O) groups is 4. The quantitative estimate of drug-likeness (QED) is 0.548. The first-order valence-corrected chi connectivity index (χ1v) is 8.17. The molecule has 0 heterocycles. The van der Waals surface area contributed by atoms with Crippen molar-refractivity contribution in [3.05, 3.63) is 0 Å². The summed E-state index contributed by atoms with van der Waals surface area (Å²) in [6.07, 6.45) is 3.67. The molecule has 0 aliphatic heterocycles. The highest BCUT2D eigenvalue weighted by Gasteiger charge is 2.56. The monoisotopic (exact) mass is 340 g/mol. The SMILES string of the molecule is COC(=O)C(=O)[C@@]1(OC)CC[C@H]2CCC[C@]2(C(=O)C(=O)OC)CC1. The van der Waals surface area contributed by atoms with E-state index < -0.39 is 34.5 Å². The van der Waals surface area contributed by atoms with E-state index in [1.54, 1.807) is 0 Å². The Bertz CT molecular complexity index is 555. The molecule has 134 valence electrons. The van der Waals surface area contributed by atoms with Crippen LogP contribution in [0.2, 0.25) is 0 Å². The van der Waals surface area contributed by atoms with Gasteiger partial charge >= 0.3 is 11.9 Å². The normalized spacial score (nSPS) is 32.4. The molecule has 0 aromatic heterocycles. The van der Waals surface area contributed by atoms with Gasteiger partial charge in [-0.15, -0.1) is 0 Å². The number of esters is 2. The first-order valence-electron chi connectivity index (χ1n) is 8.17. The zero-order valence-electron chi connectivity index (χ0n) is 14.4. The van der Waals surface area contributed by atoms with Gasteiger partial charge in [-0.05, 0) is 44.4 Å². The van der Waals surface area contributed by atoms with Crippen molar-refractivity contribution in [2.24, 2.45) is 11.3 Å². The Morgan fingerprint density at radius 3 is 2.00 bits per heavy atom. The summed E-state index contributed by atoms with van der Waals surface area (Å²) >= 11 is 0. The average Bonchev–Trinajstić information content (AvgIpc) is 2.96. The molecule has 2 aliphatic rings. The number of carbonyl (C=O) groups excluding carboxylic acids is 4. The number of hydrogen-bond acceptors (Lipinski definition) is 7. The molecule has 0 spiro atoms. The Kier molecular flexibility index (Phi) is 5.42. The third kappa shape index (κ3) is 2.85. The van der Waals surface area contributed by atoms with Crippen molar-refractivity contribution in [1.82, 2.24) is 0 Å². The van der Waals surface area contributed by atoms with Crippen LogP contribution in [0.5, 0.6) is 0 Å². The minimum absolute atomic E-state index is 0.00780. The molecule has 0 bridgehead atoms. The van der Waals surface area contributed by atoms with Crippen LogP contribution in [0.15, 0.2) is 0 Å². The van der Waals surface area contributed by atoms with Gasteiger partial charge in [-0.3, -0.25) is 9.59 Å². The fourth-order valence-corrected chi connectivity index (χ4v) is 4.36. The van der Waals surface area contributed by atoms with Gasteiger partial charge in [0.2, 0.25) is 5.78 Å². The maximum atomic E-state index is 12.7. The summed E-state index contributed by atoms with van der Waals surface area (Å²) in [6.45, 7) is 0. The van der Waals surface area contributed by atoms with Crippen LogP contribution in [0.3, 0.4) is 0 Å². The van der Waals surface area contributed by atoms with Gasteiger partial charge in [0.25, 0.3) is 5.78 Å². The van der Waals surface area contributed by atoms with Crippen LogP contribution in [0, 0.1) is 11.3 Å². The smallest absolute Gasteiger partial charge is 0.377 e. The second-order valence-corrected chi connectivity index (χ2v) is 6.62. The van der Waals surface area contributed by atoms with E-state index in [0.717, 1.165) is 20.0 Å². The molecule has 2 aliphatic carbocycles. The summed E-state index contributed by atoms with van der Waals surface area (Å²) in [4.78, 5) is 48.6. The average molecular weight is 340 g/mol. The highest BCUT2D eigenvalue weighted by atomic mass is 16.5. The number of Topliss-reactive ketones (excluding diaryl/α,β-unsaturated/α-hetero) is 2. The lowest BCUT2D eigenvalue weighted by Gasteiger charge is -2.32. The predicted molar refractivity (Wildman–Crippen MR) is 82.0 cm³/mol. The van der Waals surface area contributed by atoms with Gasteiger partial charge in [0, 0.05) is 12.5 Å². The highest BCUT2D eigenvalue weighted by Crippen LogP contribution is 2.54. The van der Waals surface area contributed by atoms with E-state index in [4.69, 9.17) is 4.74 Å². The van der Waals surface area contributed by atoms with Crippen molar-refractivity contribution in [2.45, 2.75) is 50.5 Å². The molecule has 7 nitrogen and oxygen atoms in total. The molecule has 2 saturated carbocycles. The molecule has 3 atom stereocenters. The molecule has 2 fully saturated rings. The predicted octanol–water partition coefficient (Wildman–Crippen LogP) is 1.22. The zero-order valence-corrected chi connectivity index (χ0v) is 14.4. The maximum absolute atomic E-state index is 12.7. The van der Waals surface area contributed by atoms with Crippen LogP contribution in [0.1, 0.15) is 44.9 Å². The summed E-state index contributed by atoms with van der Waals surface area (Å²) < 4.78 is 14.6. The minimum atomic E-state index is -1.29. The number of fused-ring (bicyclic) bond motifs is 1. The molecule has 0 aromatic carbocycles. The third-order valence-corrected chi connectivity index (χ3v) is 5.83. The molecule has 0 aromatic rings. The van der Waals surface area contributed by atoms with Crippen LogP contribution in [0.4, 0.5) is 0 Å². The maximum Gasteiger partial charge on any atom is 0.377 e. The lowest BCUT2D eigenvalue weighted by Crippen LogP contribution is -2.45. The molecular formula is C17H24O7. The van der Waals surface area contributed by atoms with Gasteiger partial charge in [-0.1, -0.05) is 6.42 Å². The van der Waals surface area contributed by atoms with Gasteiger partial charge in [-0.25, -0.2) is 9.59 Å². The third-order valence-electron chi connectivity index (χ3n) is 5.83. The van der Waals surface area contributed by atoms with Crippen LogP contribution >= 0.6 is 0 Å². The molecule has 0 unspecified atom stereocenters. The Morgan fingerprint density at radius 1 is 0.792 bits per heavy atom. The van der Waals surface area contributed by atoms with E-state index in [9.17, 15) is 19.2 Å². The van der Waals surface area contributed by atoms with Crippen LogP contribution in [0.25, 0.3) is 0 Å². The molecular weight excluding hydrogens is 316 g/mol. The standard InChI is InChI=1S/C17H24O7/c1-22-14(20)12(18)16-7-4-5-11(16)6-8-17(24-3,10-9-16)13(19)15(21)23-2/h11H,4-10H2,1-3H3/t11-,16+,17-/m1/s1. The topological polar surface area (TPSA) is 96.0 Å². The summed E-state index contributed by atoms with van der Waals surface area (Å²) in [5.41, 5.74) is -2.11. The Hall–Kier alpha value is -1.76. The Balaban J connectivity index is 2.33. The van der Waals surface area contributed by atoms with Crippen LogP contribution in [-0.4, -0.2) is 50.4 Å². The van der Waals surface area contributed by atoms with Gasteiger partial charge in [0.05, 0.1) is 14.2 Å². The second kappa shape index (κ2) is 7.01. The number of rotatable bonds is 5. The lowest BCUT2D eigenvalue weighted by molar-refractivity contribution is -0.164. The summed E-state index contributed by atoms with van der Waals surface area (Å²) in [6, 6.07) is 0. The summed E-state index contributed by atoms with van der Waals surface area (Å²) in [5.74, 6) is -3.05. The van der Waals surface area contributed by atoms with E-state index in [-0.39, 0.29) is 12.3 Å². The second-order valence-electron chi connectivity index (χ2n) is 6.62. The van der Waals surface area contributed by atoms with Crippen molar-refractivity contribution in [3.63, 3.8) is 0 Å². The molecule has 0 saturated heterocycles. The van der Waals surface area contributed by atoms with Crippen molar-refractivity contribution in [2.75, 3.05) is 21.3 Å². The number of ether oxygens (including phenoxy) is 3. The van der Waals surface area contributed by atoms with E-state index in [0.29, 0.717) is 25.7 Å². The Labute approximate surface area is 141 Å². The summed E-state index contributed by atoms with van der Waals surface area (Å²) in [7, 11) is 3.73. The fourth-order valence-electron chi connectivity index (χ4n) is 4.36. The molecule has 24 heavy (non-hydrogen) atoms. The molecule has 2 rings (SSSR count). The number of ketones is 2. The molecule has 7 heteroatoms. The first kappa shape index (κ1) is 18.6. The Morgan fingerprint density at radius 2 is 1.42 bits per heavy atom. The van der Waals surface area contributed by atoms with Crippen LogP contribution in [-0.2, 0) is 33.4 Å². The summed E-state index contributed by atoms with van der Waals surface area (Å²) in [5, 5.41) is 0. The molecule has 0 amide bonds. The zero-order chi connectivity index (χ0) is 18.0. The molecule has 0 radical (unpaired) electrons. The minimum Gasteiger partial charge on any atom is -0.463 e. The first-order chi connectivity index (χ1) is 11.4. The van der Waals surface area contributed by atoms with E-state index in [1.165, 1.54) is 14.2 Å².